The van der Waals surface area contributed by atoms with Gasteiger partial charge in [0.1, 0.15) is 35.1 Å². The van der Waals surface area contributed by atoms with E-state index in [0.717, 1.165) is 106 Å². The Hall–Kier alpha value is -5.41. The number of hydrogen-bond donors (Lipinski definition) is 4. The smallest absolute Gasteiger partial charge is 0.319 e. The average molecular weight is 872 g/mol. The number of rotatable bonds is 9. The first kappa shape index (κ1) is 43.8. The molecule has 64 heavy (non-hydrogen) atoms. The number of benzene rings is 3. The minimum absolute atomic E-state index is 0.0244. The summed E-state index contributed by atoms with van der Waals surface area (Å²) < 4.78 is 22.2. The van der Waals surface area contributed by atoms with E-state index in [4.69, 9.17) is 9.72 Å². The number of carbonyl (C=O) groups excluding carboxylic acids is 1. The van der Waals surface area contributed by atoms with Gasteiger partial charge in [0.15, 0.2) is 5.82 Å². The van der Waals surface area contributed by atoms with Crippen molar-refractivity contribution in [3.8, 4) is 28.8 Å². The Kier molecular flexibility index (Phi) is 12.7. The fraction of sp³-hybridized carbons (Fsp3) is 0.480. The van der Waals surface area contributed by atoms with Crippen molar-refractivity contribution in [3.63, 3.8) is 0 Å². The Bertz CT molecular complexity index is 2520. The van der Waals surface area contributed by atoms with Crippen LogP contribution in [0.25, 0.3) is 22.2 Å². The van der Waals surface area contributed by atoms with Crippen molar-refractivity contribution in [1.29, 1.82) is 0 Å². The molecule has 3 atom stereocenters. The van der Waals surface area contributed by atoms with Crippen LogP contribution >= 0.6 is 0 Å². The van der Waals surface area contributed by atoms with E-state index in [1.165, 1.54) is 17.2 Å². The highest BCUT2D eigenvalue weighted by Gasteiger charge is 2.35. The number of ether oxygens (including phenoxy) is 1. The zero-order valence-corrected chi connectivity index (χ0v) is 37.8. The van der Waals surface area contributed by atoms with Crippen molar-refractivity contribution in [2.45, 2.75) is 97.1 Å². The summed E-state index contributed by atoms with van der Waals surface area (Å²) in [6, 6.07) is 16.7. The first-order valence-electron chi connectivity index (χ1n) is 23.1. The third-order valence-electron chi connectivity index (χ3n) is 14.0. The number of carbonyl (C=O) groups is 1. The minimum Gasteiger partial charge on any atom is -0.508 e. The molecule has 1 amide bonds. The molecule has 0 radical (unpaired) electrons. The molecule has 7 heterocycles. The Labute approximate surface area is 375 Å². The molecule has 5 aliphatic rings. The van der Waals surface area contributed by atoms with E-state index in [-0.39, 0.29) is 40.4 Å². The lowest BCUT2D eigenvalue weighted by molar-refractivity contribution is 0.0748. The fourth-order valence-electron chi connectivity index (χ4n) is 10.1. The largest absolute Gasteiger partial charge is 0.508 e. The van der Waals surface area contributed by atoms with E-state index >= 15 is 4.39 Å². The second kappa shape index (κ2) is 18.6. The van der Waals surface area contributed by atoms with Crippen LogP contribution in [0.2, 0.25) is 0 Å². The minimum atomic E-state index is -0.416. The molecule has 0 spiro atoms. The molecule has 4 saturated heterocycles. The van der Waals surface area contributed by atoms with Gasteiger partial charge in [0.2, 0.25) is 0 Å². The summed E-state index contributed by atoms with van der Waals surface area (Å²) in [7, 11) is 2.12. The Morgan fingerprint density at radius 3 is 2.44 bits per heavy atom. The average Bonchev–Trinajstić information content (AvgIpc) is 4.01. The van der Waals surface area contributed by atoms with Gasteiger partial charge in [-0.15, -0.1) is 0 Å². The molecular formula is C50H62FN9O4. The quantitative estimate of drug-likeness (QED) is 0.126. The van der Waals surface area contributed by atoms with E-state index in [0.29, 0.717) is 54.5 Å². The number of likely N-dealkylation sites (N-methyl/N-ethyl adjacent to an activating group) is 1. The lowest BCUT2D eigenvalue weighted by Crippen LogP contribution is -2.51. The number of hydrogen-bond acceptors (Lipinski definition) is 12. The number of halogens is 1. The maximum absolute atomic E-state index is 16.1. The van der Waals surface area contributed by atoms with Gasteiger partial charge >= 0.3 is 6.01 Å². The molecule has 2 unspecified atom stereocenters. The van der Waals surface area contributed by atoms with Crippen molar-refractivity contribution in [2.24, 2.45) is 0 Å². The van der Waals surface area contributed by atoms with E-state index in [2.05, 4.69) is 60.5 Å². The maximum Gasteiger partial charge on any atom is 0.319 e. The highest BCUT2D eigenvalue weighted by atomic mass is 19.1. The summed E-state index contributed by atoms with van der Waals surface area (Å²) in [6.45, 7) is 17.4. The number of aryl methyl sites for hydroxylation is 1. The van der Waals surface area contributed by atoms with Crippen molar-refractivity contribution < 1.29 is 24.1 Å². The number of phenolic OH excluding ortho intramolecular Hbond substituents is 2. The molecule has 4 N–H and O–H groups in total. The van der Waals surface area contributed by atoms with Crippen LogP contribution in [0.3, 0.4) is 0 Å². The fourth-order valence-corrected chi connectivity index (χ4v) is 10.1. The molecule has 2 bridgehead atoms. The van der Waals surface area contributed by atoms with Crippen molar-refractivity contribution >= 4 is 22.6 Å². The van der Waals surface area contributed by atoms with Crippen LogP contribution in [0, 0.1) is 19.7 Å². The van der Waals surface area contributed by atoms with Crippen LogP contribution in [0.5, 0.6) is 17.5 Å². The molecule has 3 aromatic carbocycles. The molecule has 0 saturated carbocycles. The van der Waals surface area contributed by atoms with Crippen molar-refractivity contribution in [1.82, 2.24) is 40.3 Å². The molecule has 14 heteroatoms. The van der Waals surface area contributed by atoms with Gasteiger partial charge in [-0.05, 0) is 98.5 Å². The topological polar surface area (TPSA) is 142 Å². The normalized spacial score (nSPS) is 21.1. The predicted molar refractivity (Wildman–Crippen MR) is 248 cm³/mol. The number of nitrogens with one attached hydrogen (secondary N) is 2. The molecular weight excluding hydrogens is 810 g/mol. The molecule has 5 aliphatic heterocycles. The summed E-state index contributed by atoms with van der Waals surface area (Å²) in [4.78, 5) is 35.9. The first-order chi connectivity index (χ1) is 30.9. The summed E-state index contributed by atoms with van der Waals surface area (Å²) in [5.41, 5.74) is 8.04. The summed E-state index contributed by atoms with van der Waals surface area (Å²) in [6.07, 6.45) is 6.31. The SMILES string of the molecule is CC(C)c1cc(C(=O)N2Cc3ccc(CN4CCNCC4)cc3C2)c(O)cc1O.Cc1cccc(-c2ncc3c(N4CC5CCC(C4)N5)nc(OC[C@@H]4CCCN4C)nc3c2F)c1C. The molecule has 10 rings (SSSR count). The number of amides is 1. The number of likely N-dealkylation sites (tertiary alicyclic amines) is 1. The Balaban J connectivity index is 0.000000165. The molecule has 338 valence electrons. The number of aromatic hydroxyl groups is 2. The molecule has 0 aliphatic carbocycles. The zero-order chi connectivity index (χ0) is 44.6. The van der Waals surface area contributed by atoms with E-state index in [1.807, 2.05) is 45.9 Å². The Morgan fingerprint density at radius 2 is 1.70 bits per heavy atom. The van der Waals surface area contributed by atoms with E-state index in [9.17, 15) is 15.0 Å². The predicted octanol–water partition coefficient (Wildman–Crippen LogP) is 6.64. The van der Waals surface area contributed by atoms with Gasteiger partial charge in [0.25, 0.3) is 5.91 Å². The number of aromatic nitrogens is 3. The second-order valence-corrected chi connectivity index (χ2v) is 18.8. The summed E-state index contributed by atoms with van der Waals surface area (Å²) in [5.74, 6) is 0.0150. The second-order valence-electron chi connectivity index (χ2n) is 18.8. The van der Waals surface area contributed by atoms with Crippen LogP contribution in [-0.4, -0.2) is 123 Å². The maximum atomic E-state index is 16.1. The number of nitrogens with zero attached hydrogens (tertiary/aromatic N) is 7. The number of pyridine rings is 1. The molecule has 13 nitrogen and oxygen atoms in total. The zero-order valence-electron chi connectivity index (χ0n) is 37.8. The highest BCUT2D eigenvalue weighted by Crippen LogP contribution is 2.37. The molecule has 5 aromatic rings. The van der Waals surface area contributed by atoms with Gasteiger partial charge in [-0.3, -0.25) is 14.7 Å². The first-order valence-corrected chi connectivity index (χ1v) is 23.1. The standard InChI is InChI=1S/C27H33FN6O.C23H29N3O3/c1-16-6-4-8-21(17(16)2)24-23(28)25-22(12-29-24)26(34-13-18-9-10-19(14-34)30-18)32-27(31-25)35-15-20-7-5-11-33(20)3;1-15(2)19-10-20(22(28)11-21(19)27)23(29)26-13-17-4-3-16(9-18(17)14-26)12-25-7-5-24-6-8-25/h4,6,8,12,18-20,30H,5,7,9-11,13-15H2,1-3H3;3-4,9-11,15,24,27-28H,5-8,12-14H2,1-2H3/t18?,19?,20-;/m0./s1. The summed E-state index contributed by atoms with van der Waals surface area (Å²) in [5, 5.41) is 28.0. The lowest BCUT2D eigenvalue weighted by Gasteiger charge is -2.34. The van der Waals surface area contributed by atoms with Gasteiger partial charge < -0.3 is 40.3 Å². The number of fused-ring (bicyclic) bond motifs is 4. The third kappa shape index (κ3) is 9.10. The van der Waals surface area contributed by atoms with Crippen LogP contribution in [0.1, 0.15) is 89.2 Å². The highest BCUT2D eigenvalue weighted by molar-refractivity contribution is 5.97. The number of phenols is 2. The monoisotopic (exact) mass is 871 g/mol. The van der Waals surface area contributed by atoms with Gasteiger partial charge in [-0.1, -0.05) is 50.2 Å². The van der Waals surface area contributed by atoms with Crippen molar-refractivity contribution in [3.05, 3.63) is 99.5 Å². The van der Waals surface area contributed by atoms with Crippen molar-refractivity contribution in [2.75, 3.05) is 64.4 Å². The third-order valence-corrected chi connectivity index (χ3v) is 14.0. The molecule has 4 fully saturated rings. The lowest BCUT2D eigenvalue weighted by atomic mass is 9.98. The summed E-state index contributed by atoms with van der Waals surface area (Å²) >= 11 is 0. The molecule has 2 aromatic heterocycles. The van der Waals surface area contributed by atoms with Crippen LogP contribution < -0.4 is 20.3 Å². The number of anilines is 1. The van der Waals surface area contributed by atoms with Gasteiger partial charge in [0.05, 0.1) is 10.9 Å². The van der Waals surface area contributed by atoms with Gasteiger partial charge in [-0.2, -0.15) is 9.97 Å². The van der Waals surface area contributed by atoms with E-state index < -0.39 is 5.82 Å². The van der Waals surface area contributed by atoms with Crippen LogP contribution in [0.4, 0.5) is 10.2 Å². The van der Waals surface area contributed by atoms with Gasteiger partial charge in [0, 0.05) is 94.9 Å². The van der Waals surface area contributed by atoms with Gasteiger partial charge in [-0.25, -0.2) is 4.39 Å². The van der Waals surface area contributed by atoms with E-state index in [1.54, 1.807) is 17.2 Å². The van der Waals surface area contributed by atoms with Crippen LogP contribution in [0.15, 0.2) is 54.7 Å². The number of piperazine rings is 2. The Morgan fingerprint density at radius 1 is 0.938 bits per heavy atom. The van der Waals surface area contributed by atoms with Crippen LogP contribution in [-0.2, 0) is 19.6 Å².